The van der Waals surface area contributed by atoms with Gasteiger partial charge in [0.1, 0.15) is 10.6 Å². The summed E-state index contributed by atoms with van der Waals surface area (Å²) in [6.45, 7) is 6.45. The van der Waals surface area contributed by atoms with Crippen molar-refractivity contribution in [1.29, 1.82) is 0 Å². The monoisotopic (exact) mass is 305 g/mol. The largest absolute Gasteiger partial charge is 0.493 e. The number of nitrogens with zero attached hydrogens (tertiary/aromatic N) is 1. The normalized spacial score (nSPS) is 10.6. The first-order valence-corrected chi connectivity index (χ1v) is 7.75. The predicted octanol–water partition coefficient (Wildman–Crippen LogP) is 3.64. The summed E-state index contributed by atoms with van der Waals surface area (Å²) in [6, 6.07) is 6.04. The third-order valence-corrected chi connectivity index (χ3v) is 4.39. The highest BCUT2D eigenvalue weighted by Gasteiger charge is 2.15. The van der Waals surface area contributed by atoms with E-state index in [-0.39, 0.29) is 0 Å². The lowest BCUT2D eigenvalue weighted by Gasteiger charge is -2.10. The molecule has 0 amide bonds. The molecule has 1 aromatic carbocycles. The molecule has 5 heteroatoms. The number of rotatable bonds is 6. The van der Waals surface area contributed by atoms with Crippen LogP contribution in [0.3, 0.4) is 0 Å². The average Bonchev–Trinajstić information content (AvgIpc) is 2.85. The van der Waals surface area contributed by atoms with E-state index < -0.39 is 5.97 Å². The van der Waals surface area contributed by atoms with Crippen molar-refractivity contribution in [3.8, 4) is 5.75 Å². The van der Waals surface area contributed by atoms with E-state index in [1.54, 1.807) is 0 Å². The second kappa shape index (κ2) is 6.72. The van der Waals surface area contributed by atoms with E-state index in [1.807, 2.05) is 39.0 Å². The SMILES string of the molecule is CCc1nc(CCOc2c(C)cccc2C)sc1C(=O)O. The van der Waals surface area contributed by atoms with Gasteiger partial charge < -0.3 is 9.84 Å². The highest BCUT2D eigenvalue weighted by Crippen LogP contribution is 2.23. The zero-order valence-corrected chi connectivity index (χ0v) is 13.3. The molecule has 0 radical (unpaired) electrons. The van der Waals surface area contributed by atoms with E-state index in [4.69, 9.17) is 9.84 Å². The smallest absolute Gasteiger partial charge is 0.347 e. The van der Waals surface area contributed by atoms with E-state index >= 15 is 0 Å². The van der Waals surface area contributed by atoms with Crippen molar-refractivity contribution in [3.05, 3.63) is 44.9 Å². The Morgan fingerprint density at radius 1 is 1.33 bits per heavy atom. The van der Waals surface area contributed by atoms with Gasteiger partial charge in [-0.15, -0.1) is 11.3 Å². The molecular weight excluding hydrogens is 286 g/mol. The second-order valence-electron chi connectivity index (χ2n) is 4.86. The Morgan fingerprint density at radius 3 is 2.52 bits per heavy atom. The van der Waals surface area contributed by atoms with Gasteiger partial charge in [0.15, 0.2) is 0 Å². The molecule has 0 fully saturated rings. The number of hydrogen-bond acceptors (Lipinski definition) is 4. The van der Waals surface area contributed by atoms with Gasteiger partial charge in [-0.3, -0.25) is 0 Å². The first-order valence-electron chi connectivity index (χ1n) is 6.93. The minimum absolute atomic E-state index is 0.347. The molecule has 2 aromatic rings. The van der Waals surface area contributed by atoms with E-state index in [0.717, 1.165) is 21.9 Å². The molecule has 0 saturated carbocycles. The summed E-state index contributed by atoms with van der Waals surface area (Å²) in [4.78, 5) is 15.8. The van der Waals surface area contributed by atoms with Crippen LogP contribution < -0.4 is 4.74 Å². The molecule has 1 N–H and O–H groups in total. The molecule has 112 valence electrons. The van der Waals surface area contributed by atoms with Crippen molar-refractivity contribution in [2.24, 2.45) is 0 Å². The van der Waals surface area contributed by atoms with Gasteiger partial charge in [0.25, 0.3) is 0 Å². The third-order valence-electron chi connectivity index (χ3n) is 3.24. The number of thiazole rings is 1. The molecule has 0 spiro atoms. The number of carboxylic acid groups (broad SMARTS) is 1. The average molecular weight is 305 g/mol. The number of aromatic nitrogens is 1. The lowest BCUT2D eigenvalue weighted by molar-refractivity contribution is 0.0701. The van der Waals surface area contributed by atoms with Crippen molar-refractivity contribution >= 4 is 17.3 Å². The summed E-state index contributed by atoms with van der Waals surface area (Å²) >= 11 is 1.25. The molecule has 1 aromatic heterocycles. The Labute approximate surface area is 128 Å². The molecule has 4 nitrogen and oxygen atoms in total. The lowest BCUT2D eigenvalue weighted by Crippen LogP contribution is -2.03. The first kappa shape index (κ1) is 15.5. The van der Waals surface area contributed by atoms with E-state index in [2.05, 4.69) is 4.98 Å². The summed E-state index contributed by atoms with van der Waals surface area (Å²) in [5, 5.41) is 9.94. The summed E-state index contributed by atoms with van der Waals surface area (Å²) in [5.74, 6) is 0.00879. The van der Waals surface area contributed by atoms with Crippen LogP contribution >= 0.6 is 11.3 Å². The maximum Gasteiger partial charge on any atom is 0.347 e. The molecule has 0 saturated heterocycles. The van der Waals surface area contributed by atoms with Gasteiger partial charge in [-0.2, -0.15) is 0 Å². The molecular formula is C16H19NO3S. The van der Waals surface area contributed by atoms with Crippen LogP contribution in [0.2, 0.25) is 0 Å². The van der Waals surface area contributed by atoms with Crippen LogP contribution in [-0.2, 0) is 12.8 Å². The Balaban J connectivity index is 2.02. The van der Waals surface area contributed by atoms with Crippen LogP contribution in [0, 0.1) is 13.8 Å². The summed E-state index contributed by atoms with van der Waals surface area (Å²) in [6.07, 6.45) is 1.26. The van der Waals surface area contributed by atoms with Crippen molar-refractivity contribution in [2.75, 3.05) is 6.61 Å². The molecule has 21 heavy (non-hydrogen) atoms. The number of benzene rings is 1. The Kier molecular flexibility index (Phi) is 4.96. The zero-order chi connectivity index (χ0) is 15.4. The topological polar surface area (TPSA) is 59.4 Å². The second-order valence-corrected chi connectivity index (χ2v) is 5.95. The molecule has 1 heterocycles. The minimum atomic E-state index is -0.897. The number of aromatic carboxylic acids is 1. The van der Waals surface area contributed by atoms with Crippen molar-refractivity contribution in [3.63, 3.8) is 0 Å². The minimum Gasteiger partial charge on any atom is -0.493 e. The number of hydrogen-bond donors (Lipinski definition) is 1. The maximum atomic E-state index is 11.1. The number of aryl methyl sites for hydroxylation is 3. The lowest BCUT2D eigenvalue weighted by atomic mass is 10.1. The predicted molar refractivity (Wildman–Crippen MR) is 83.6 cm³/mol. The summed E-state index contributed by atoms with van der Waals surface area (Å²) < 4.78 is 5.83. The molecule has 0 aliphatic carbocycles. The molecule has 0 bridgehead atoms. The fourth-order valence-corrected chi connectivity index (χ4v) is 3.15. The van der Waals surface area contributed by atoms with Gasteiger partial charge in [0, 0.05) is 6.42 Å². The maximum absolute atomic E-state index is 11.1. The zero-order valence-electron chi connectivity index (χ0n) is 12.5. The first-order chi connectivity index (χ1) is 10.0. The fourth-order valence-electron chi connectivity index (χ4n) is 2.18. The Bertz CT molecular complexity index is 629. The van der Waals surface area contributed by atoms with Gasteiger partial charge >= 0.3 is 5.97 Å². The van der Waals surface area contributed by atoms with Crippen molar-refractivity contribution < 1.29 is 14.6 Å². The Morgan fingerprint density at radius 2 is 2.00 bits per heavy atom. The van der Waals surface area contributed by atoms with Crippen LogP contribution in [-0.4, -0.2) is 22.7 Å². The molecule has 0 atom stereocenters. The molecule has 0 aliphatic rings. The van der Waals surface area contributed by atoms with Crippen molar-refractivity contribution in [2.45, 2.75) is 33.6 Å². The summed E-state index contributed by atoms with van der Waals surface area (Å²) in [7, 11) is 0. The summed E-state index contributed by atoms with van der Waals surface area (Å²) in [5.41, 5.74) is 2.87. The number of carbonyl (C=O) groups is 1. The van der Waals surface area contributed by atoms with Crippen LogP contribution in [0.5, 0.6) is 5.75 Å². The quantitative estimate of drug-likeness (QED) is 0.885. The molecule has 2 rings (SSSR count). The van der Waals surface area contributed by atoms with E-state index in [9.17, 15) is 4.79 Å². The van der Waals surface area contributed by atoms with E-state index in [0.29, 0.717) is 30.0 Å². The van der Waals surface area contributed by atoms with Gasteiger partial charge in [0.2, 0.25) is 0 Å². The number of para-hydroxylation sites is 1. The Hall–Kier alpha value is -1.88. The number of ether oxygens (including phenoxy) is 1. The van der Waals surface area contributed by atoms with E-state index in [1.165, 1.54) is 11.3 Å². The fraction of sp³-hybridized carbons (Fsp3) is 0.375. The molecule has 0 aliphatic heterocycles. The molecule has 0 unspecified atom stereocenters. The van der Waals surface area contributed by atoms with Gasteiger partial charge in [-0.05, 0) is 31.4 Å². The van der Waals surface area contributed by atoms with Crippen LogP contribution in [0.1, 0.15) is 38.4 Å². The highest BCUT2D eigenvalue weighted by molar-refractivity contribution is 7.13. The third kappa shape index (κ3) is 3.61. The van der Waals surface area contributed by atoms with Crippen LogP contribution in [0.4, 0.5) is 0 Å². The highest BCUT2D eigenvalue weighted by atomic mass is 32.1. The standard InChI is InChI=1S/C16H19NO3S/c1-4-12-15(16(18)19)21-13(17-12)8-9-20-14-10(2)6-5-7-11(14)3/h5-7H,4,8-9H2,1-3H3,(H,18,19). The van der Waals surface area contributed by atoms with Crippen LogP contribution in [0.15, 0.2) is 18.2 Å². The van der Waals surface area contributed by atoms with Crippen molar-refractivity contribution in [1.82, 2.24) is 4.98 Å². The van der Waals surface area contributed by atoms with Gasteiger partial charge in [0.05, 0.1) is 17.3 Å². The van der Waals surface area contributed by atoms with Gasteiger partial charge in [-0.1, -0.05) is 25.1 Å². The number of carboxylic acids is 1. The van der Waals surface area contributed by atoms with Crippen LogP contribution in [0.25, 0.3) is 0 Å². The van der Waals surface area contributed by atoms with Gasteiger partial charge in [-0.25, -0.2) is 9.78 Å².